The Morgan fingerprint density at radius 2 is 1.87 bits per heavy atom. The van der Waals surface area contributed by atoms with E-state index in [0.29, 0.717) is 12.8 Å². The number of carbonyl (C=O) groups excluding carboxylic acids is 1. The number of hydrogen-bond donors (Lipinski definition) is 2. The average Bonchev–Trinajstić information content (AvgIpc) is 3.12. The third kappa shape index (κ3) is 5.98. The first-order valence-electron chi connectivity index (χ1n) is 9.66. The van der Waals surface area contributed by atoms with E-state index in [2.05, 4.69) is 15.0 Å². The summed E-state index contributed by atoms with van der Waals surface area (Å²) in [6, 6.07) is 14.1. The van der Waals surface area contributed by atoms with E-state index in [1.54, 1.807) is 49.4 Å². The molecule has 0 atom stereocenters. The Labute approximate surface area is 181 Å². The highest BCUT2D eigenvalue weighted by Crippen LogP contribution is 2.24. The third-order valence-corrected chi connectivity index (χ3v) is 6.77. The molecule has 0 radical (unpaired) electrons. The molecule has 0 aliphatic rings. The van der Waals surface area contributed by atoms with E-state index in [0.717, 1.165) is 27.5 Å². The van der Waals surface area contributed by atoms with E-state index in [4.69, 9.17) is 0 Å². The van der Waals surface area contributed by atoms with E-state index in [-0.39, 0.29) is 16.8 Å². The van der Waals surface area contributed by atoms with Crippen LogP contribution in [-0.4, -0.2) is 25.4 Å². The molecule has 0 aliphatic heterocycles. The number of aryl methyl sites for hydroxylation is 2. The first kappa shape index (κ1) is 22.1. The van der Waals surface area contributed by atoms with Crippen molar-refractivity contribution in [3.05, 3.63) is 64.5 Å². The number of hydrogen-bond acceptors (Lipinski definition) is 5. The SMILES string of the molecule is Cc1nc(-c2cccc(NC(=O)CCc3ccc(S(=O)(=O)NC(C)C)cc3)c2)cs1. The summed E-state index contributed by atoms with van der Waals surface area (Å²) in [5, 5.41) is 5.91. The Bertz CT molecular complexity index is 1120. The van der Waals surface area contributed by atoms with Crippen LogP contribution in [0, 0.1) is 6.92 Å². The predicted molar refractivity (Wildman–Crippen MR) is 121 cm³/mol. The summed E-state index contributed by atoms with van der Waals surface area (Å²) in [5.41, 5.74) is 3.49. The van der Waals surface area contributed by atoms with Gasteiger partial charge in [-0.1, -0.05) is 24.3 Å². The maximum Gasteiger partial charge on any atom is 0.240 e. The Kier molecular flexibility index (Phi) is 7.02. The van der Waals surface area contributed by atoms with Crippen LogP contribution in [0.25, 0.3) is 11.3 Å². The second-order valence-corrected chi connectivity index (χ2v) is 10.1. The quantitative estimate of drug-likeness (QED) is 0.541. The van der Waals surface area contributed by atoms with Crippen LogP contribution in [0.1, 0.15) is 30.8 Å². The van der Waals surface area contributed by atoms with Gasteiger partial charge in [0.05, 0.1) is 15.6 Å². The number of benzene rings is 2. The van der Waals surface area contributed by atoms with E-state index >= 15 is 0 Å². The number of sulfonamides is 1. The summed E-state index contributed by atoms with van der Waals surface area (Å²) in [6.45, 7) is 5.51. The van der Waals surface area contributed by atoms with Gasteiger partial charge in [0.2, 0.25) is 15.9 Å². The van der Waals surface area contributed by atoms with Gasteiger partial charge in [-0.2, -0.15) is 0 Å². The number of aromatic nitrogens is 1. The molecule has 0 aliphatic carbocycles. The van der Waals surface area contributed by atoms with Gasteiger partial charge in [-0.3, -0.25) is 4.79 Å². The number of amides is 1. The molecule has 1 aromatic heterocycles. The molecule has 6 nitrogen and oxygen atoms in total. The van der Waals surface area contributed by atoms with Crippen LogP contribution in [0.15, 0.2) is 58.8 Å². The van der Waals surface area contributed by atoms with Crippen molar-refractivity contribution in [1.82, 2.24) is 9.71 Å². The van der Waals surface area contributed by atoms with Gasteiger partial charge in [0.15, 0.2) is 0 Å². The van der Waals surface area contributed by atoms with E-state index in [1.165, 1.54) is 0 Å². The predicted octanol–water partition coefficient (Wildman–Crippen LogP) is 4.38. The smallest absolute Gasteiger partial charge is 0.240 e. The minimum atomic E-state index is -3.51. The van der Waals surface area contributed by atoms with Crippen molar-refractivity contribution >= 4 is 33.0 Å². The summed E-state index contributed by atoms with van der Waals surface area (Å²) in [7, 11) is -3.51. The fourth-order valence-electron chi connectivity index (χ4n) is 2.95. The van der Waals surface area contributed by atoms with E-state index in [1.807, 2.05) is 36.6 Å². The molecule has 0 unspecified atom stereocenters. The molecule has 0 saturated heterocycles. The Hall–Kier alpha value is -2.55. The fourth-order valence-corrected chi connectivity index (χ4v) is 4.82. The Balaban J connectivity index is 1.57. The van der Waals surface area contributed by atoms with Gasteiger partial charge in [0, 0.05) is 29.1 Å². The molecule has 3 aromatic rings. The summed E-state index contributed by atoms with van der Waals surface area (Å²) in [5.74, 6) is -0.0974. The monoisotopic (exact) mass is 443 g/mol. The molecule has 0 saturated carbocycles. The van der Waals surface area contributed by atoms with Crippen molar-refractivity contribution in [3.8, 4) is 11.3 Å². The largest absolute Gasteiger partial charge is 0.326 e. The standard InChI is InChI=1S/C22H25N3O3S2/c1-15(2)25-30(27,28)20-10-7-17(8-11-20)9-12-22(26)24-19-6-4-5-18(13-19)21-14-29-16(3)23-21/h4-8,10-11,13-15,25H,9,12H2,1-3H3,(H,24,26). The lowest BCUT2D eigenvalue weighted by molar-refractivity contribution is -0.116. The number of thiazole rings is 1. The van der Waals surface area contributed by atoms with Crippen molar-refractivity contribution in [3.63, 3.8) is 0 Å². The van der Waals surface area contributed by atoms with Crippen LogP contribution in [-0.2, 0) is 21.2 Å². The summed E-state index contributed by atoms with van der Waals surface area (Å²) in [6.07, 6.45) is 0.825. The van der Waals surface area contributed by atoms with Crippen molar-refractivity contribution in [1.29, 1.82) is 0 Å². The number of anilines is 1. The van der Waals surface area contributed by atoms with Crippen molar-refractivity contribution < 1.29 is 13.2 Å². The molecule has 8 heteroatoms. The average molecular weight is 444 g/mol. The lowest BCUT2D eigenvalue weighted by Gasteiger charge is -2.10. The van der Waals surface area contributed by atoms with E-state index < -0.39 is 10.0 Å². The molecule has 3 rings (SSSR count). The fraction of sp³-hybridized carbons (Fsp3) is 0.273. The molecule has 2 aromatic carbocycles. The molecule has 0 bridgehead atoms. The highest BCUT2D eigenvalue weighted by atomic mass is 32.2. The van der Waals surface area contributed by atoms with Gasteiger partial charge in [0.1, 0.15) is 0 Å². The summed E-state index contributed by atoms with van der Waals surface area (Å²) in [4.78, 5) is 17.1. The molecule has 158 valence electrons. The maximum atomic E-state index is 12.4. The normalized spacial score (nSPS) is 11.6. The van der Waals surface area contributed by atoms with Crippen LogP contribution >= 0.6 is 11.3 Å². The molecular weight excluding hydrogens is 418 g/mol. The van der Waals surface area contributed by atoms with Crippen molar-refractivity contribution in [2.45, 2.75) is 44.6 Å². The summed E-state index contributed by atoms with van der Waals surface area (Å²) < 4.78 is 26.9. The second-order valence-electron chi connectivity index (χ2n) is 7.30. The van der Waals surface area contributed by atoms with Crippen LogP contribution in [0.2, 0.25) is 0 Å². The highest BCUT2D eigenvalue weighted by molar-refractivity contribution is 7.89. The van der Waals surface area contributed by atoms with Crippen LogP contribution < -0.4 is 10.0 Å². The maximum absolute atomic E-state index is 12.4. The summed E-state index contributed by atoms with van der Waals surface area (Å²) >= 11 is 1.59. The zero-order valence-electron chi connectivity index (χ0n) is 17.2. The Morgan fingerprint density at radius 3 is 2.50 bits per heavy atom. The van der Waals surface area contributed by atoms with Crippen LogP contribution in [0.5, 0.6) is 0 Å². The van der Waals surface area contributed by atoms with Crippen molar-refractivity contribution in [2.75, 3.05) is 5.32 Å². The minimum Gasteiger partial charge on any atom is -0.326 e. The topological polar surface area (TPSA) is 88.2 Å². The zero-order chi connectivity index (χ0) is 21.7. The second kappa shape index (κ2) is 9.51. The van der Waals surface area contributed by atoms with Gasteiger partial charge in [-0.05, 0) is 57.0 Å². The van der Waals surface area contributed by atoms with Gasteiger partial charge in [-0.15, -0.1) is 11.3 Å². The lowest BCUT2D eigenvalue weighted by atomic mass is 10.1. The minimum absolute atomic E-state index is 0.0974. The van der Waals surface area contributed by atoms with Crippen LogP contribution in [0.3, 0.4) is 0 Å². The highest BCUT2D eigenvalue weighted by Gasteiger charge is 2.15. The van der Waals surface area contributed by atoms with Gasteiger partial charge in [-0.25, -0.2) is 18.1 Å². The van der Waals surface area contributed by atoms with Crippen molar-refractivity contribution in [2.24, 2.45) is 0 Å². The first-order chi connectivity index (χ1) is 14.2. The van der Waals surface area contributed by atoms with E-state index in [9.17, 15) is 13.2 Å². The third-order valence-electron chi connectivity index (χ3n) is 4.33. The molecule has 2 N–H and O–H groups in total. The number of nitrogens with one attached hydrogen (secondary N) is 2. The van der Waals surface area contributed by atoms with Gasteiger partial charge >= 0.3 is 0 Å². The molecule has 0 fully saturated rings. The zero-order valence-corrected chi connectivity index (χ0v) is 18.8. The number of nitrogens with zero attached hydrogens (tertiary/aromatic N) is 1. The lowest BCUT2D eigenvalue weighted by Crippen LogP contribution is -2.30. The van der Waals surface area contributed by atoms with Crippen LogP contribution in [0.4, 0.5) is 5.69 Å². The number of rotatable bonds is 8. The number of carbonyl (C=O) groups is 1. The molecule has 0 spiro atoms. The molecule has 1 heterocycles. The first-order valence-corrected chi connectivity index (χ1v) is 12.0. The molecule has 1 amide bonds. The molecule has 30 heavy (non-hydrogen) atoms. The van der Waals surface area contributed by atoms with Gasteiger partial charge < -0.3 is 5.32 Å². The molecular formula is C22H25N3O3S2. The van der Waals surface area contributed by atoms with Gasteiger partial charge in [0.25, 0.3) is 0 Å². The Morgan fingerprint density at radius 1 is 1.13 bits per heavy atom.